The Labute approximate surface area is 511 Å². The molecule has 4 aliphatic rings. The van der Waals surface area contributed by atoms with Gasteiger partial charge in [-0.25, -0.2) is 0 Å². The molecule has 87 heavy (non-hydrogen) atoms. The average molecular weight is 1210 g/mol. The number of ether oxygens (including phenoxy) is 6. The topological polar surface area (TPSA) is 185 Å². The molecule has 0 aliphatic carbocycles. The SMILES string of the molecule is COc1ccc(COc2c(CN3O[C@@H](CO)[C@H]4[C@H](C)OC(=O)[C@H]43)cccc2-c2ccc(C(=O)N(C)C)cc2)cc1.COc1ccc(COc2c(CN3O[C@@H](CO[Si](C)(C)C(C)(C)C)[C@H]4[C@H](C)OC(=O)[C@H]43)cccc2-c2ccc(C(=O)N(C)C)cc2)cc1. The summed E-state index contributed by atoms with van der Waals surface area (Å²) in [5.41, 5.74) is 8.29. The van der Waals surface area contributed by atoms with Gasteiger partial charge in [0.05, 0.1) is 52.4 Å². The van der Waals surface area contributed by atoms with Gasteiger partial charge < -0.3 is 47.8 Å². The molecule has 0 saturated carbocycles. The van der Waals surface area contributed by atoms with Gasteiger partial charge in [0.15, 0.2) is 8.32 Å². The molecule has 19 heteroatoms. The Balaban J connectivity index is 0.000000210. The van der Waals surface area contributed by atoms with E-state index < -0.39 is 26.5 Å². The Morgan fingerprint density at radius 3 is 1.33 bits per heavy atom. The maximum Gasteiger partial charge on any atom is 0.326 e. The zero-order valence-electron chi connectivity index (χ0n) is 52.1. The molecule has 1 N–H and O–H groups in total. The smallest absolute Gasteiger partial charge is 0.326 e. The number of hydrogen-bond acceptors (Lipinski definition) is 16. The molecule has 0 aromatic heterocycles. The van der Waals surface area contributed by atoms with Gasteiger partial charge >= 0.3 is 11.9 Å². The molecule has 8 atom stereocenters. The van der Waals surface area contributed by atoms with Gasteiger partial charge in [0.25, 0.3) is 11.8 Å². The van der Waals surface area contributed by atoms with E-state index in [1.54, 1.807) is 69.6 Å². The number of hydroxylamine groups is 4. The lowest BCUT2D eigenvalue weighted by atomic mass is 9.92. The number of fused-ring (bicyclic) bond motifs is 2. The van der Waals surface area contributed by atoms with Gasteiger partial charge in [0.2, 0.25) is 0 Å². The van der Waals surface area contributed by atoms with Crippen LogP contribution in [0, 0.1) is 11.8 Å². The molecule has 0 radical (unpaired) electrons. The van der Waals surface area contributed by atoms with Crippen LogP contribution in [0.2, 0.25) is 18.1 Å². The maximum atomic E-state index is 13.2. The molecule has 0 bridgehead atoms. The summed E-state index contributed by atoms with van der Waals surface area (Å²) < 4.78 is 41.4. The van der Waals surface area contributed by atoms with Crippen molar-refractivity contribution in [2.45, 2.75) is 116 Å². The molecular weight excluding hydrogens is 1120 g/mol. The second kappa shape index (κ2) is 27.2. The number of benzene rings is 6. The highest BCUT2D eigenvalue weighted by Crippen LogP contribution is 2.45. The van der Waals surface area contributed by atoms with Crippen molar-refractivity contribution in [2.75, 3.05) is 55.6 Å². The molecule has 2 amide bonds. The number of carbonyl (C=O) groups excluding carboxylic acids is 4. The van der Waals surface area contributed by atoms with Crippen LogP contribution in [0.1, 0.15) is 77.6 Å². The lowest BCUT2D eigenvalue weighted by Gasteiger charge is -2.37. The van der Waals surface area contributed by atoms with Crippen molar-refractivity contribution in [3.63, 3.8) is 0 Å². The Morgan fingerprint density at radius 1 is 0.575 bits per heavy atom. The monoisotopic (exact) mass is 1210 g/mol. The van der Waals surface area contributed by atoms with Crippen molar-refractivity contribution < 1.29 is 66.8 Å². The number of esters is 2. The van der Waals surface area contributed by atoms with E-state index in [-0.39, 0.29) is 72.1 Å². The highest BCUT2D eigenvalue weighted by Gasteiger charge is 2.58. The van der Waals surface area contributed by atoms with Crippen LogP contribution in [0.4, 0.5) is 0 Å². The molecule has 4 saturated heterocycles. The van der Waals surface area contributed by atoms with Gasteiger partial charge in [0.1, 0.15) is 72.7 Å². The van der Waals surface area contributed by atoms with Crippen molar-refractivity contribution in [2.24, 2.45) is 11.8 Å². The van der Waals surface area contributed by atoms with E-state index in [1.165, 1.54) is 4.90 Å². The summed E-state index contributed by atoms with van der Waals surface area (Å²) in [5, 5.41) is 13.3. The zero-order chi connectivity index (χ0) is 62.5. The number of aliphatic hydroxyl groups is 1. The number of nitrogens with zero attached hydrogens (tertiary/aromatic N) is 4. The third-order valence-electron chi connectivity index (χ3n) is 17.1. The number of para-hydroxylation sites is 2. The molecule has 462 valence electrons. The summed E-state index contributed by atoms with van der Waals surface area (Å²) in [6.07, 6.45) is -1.48. The molecule has 0 spiro atoms. The van der Waals surface area contributed by atoms with E-state index in [4.69, 9.17) is 42.5 Å². The molecule has 6 aromatic rings. The van der Waals surface area contributed by atoms with Gasteiger partial charge in [-0.15, -0.1) is 0 Å². The van der Waals surface area contributed by atoms with Gasteiger partial charge in [-0.3, -0.25) is 28.9 Å². The summed E-state index contributed by atoms with van der Waals surface area (Å²) in [4.78, 5) is 66.6. The van der Waals surface area contributed by atoms with Crippen LogP contribution in [-0.2, 0) is 59.5 Å². The van der Waals surface area contributed by atoms with Gasteiger partial charge in [-0.1, -0.05) is 106 Å². The number of cyclic esters (lactones) is 2. The molecule has 10 rings (SSSR count). The molecule has 18 nitrogen and oxygen atoms in total. The van der Waals surface area contributed by atoms with Crippen LogP contribution in [-0.4, -0.2) is 149 Å². The van der Waals surface area contributed by atoms with E-state index >= 15 is 0 Å². The fourth-order valence-electron chi connectivity index (χ4n) is 11.2. The van der Waals surface area contributed by atoms with Crippen LogP contribution < -0.4 is 18.9 Å². The summed E-state index contributed by atoms with van der Waals surface area (Å²) in [7, 11) is 8.13. The van der Waals surface area contributed by atoms with Crippen molar-refractivity contribution in [3.05, 3.63) is 167 Å². The first-order chi connectivity index (χ1) is 41.5. The minimum absolute atomic E-state index is 0.0484. The van der Waals surface area contributed by atoms with Gasteiger partial charge in [-0.05, 0) is 103 Å². The first kappa shape index (κ1) is 63.9. The predicted octanol–water partition coefficient (Wildman–Crippen LogP) is 10.4. The van der Waals surface area contributed by atoms with Crippen LogP contribution in [0.3, 0.4) is 0 Å². The van der Waals surface area contributed by atoms with Gasteiger partial charge in [0, 0.05) is 61.6 Å². The van der Waals surface area contributed by atoms with Crippen molar-refractivity contribution in [1.82, 2.24) is 19.9 Å². The molecule has 4 fully saturated rings. The summed E-state index contributed by atoms with van der Waals surface area (Å²) in [5.74, 6) is 1.66. The lowest BCUT2D eigenvalue weighted by molar-refractivity contribution is -0.196. The number of rotatable bonds is 20. The van der Waals surface area contributed by atoms with E-state index in [1.807, 2.05) is 135 Å². The summed E-state index contributed by atoms with van der Waals surface area (Å²) in [6, 6.07) is 41.0. The maximum absolute atomic E-state index is 13.2. The molecular formula is C68H82N4O14Si. The highest BCUT2D eigenvalue weighted by molar-refractivity contribution is 6.74. The molecule has 4 heterocycles. The Bertz CT molecular complexity index is 3370. The van der Waals surface area contributed by atoms with Crippen LogP contribution >= 0.6 is 0 Å². The number of aliphatic hydroxyl groups excluding tert-OH is 1. The second-order valence-electron chi connectivity index (χ2n) is 24.4. The summed E-state index contributed by atoms with van der Waals surface area (Å²) >= 11 is 0. The number of methoxy groups -OCH3 is 2. The third-order valence-corrected chi connectivity index (χ3v) is 21.6. The van der Waals surface area contributed by atoms with Crippen molar-refractivity contribution in [3.8, 4) is 45.3 Å². The number of carbonyl (C=O) groups is 4. The summed E-state index contributed by atoms with van der Waals surface area (Å²) in [6.45, 7) is 16.2. The number of hydrogen-bond donors (Lipinski definition) is 1. The van der Waals surface area contributed by atoms with Crippen LogP contribution in [0.15, 0.2) is 133 Å². The van der Waals surface area contributed by atoms with E-state index in [2.05, 4.69) is 33.9 Å². The fraction of sp³-hybridized carbons (Fsp3) is 0.412. The standard InChI is InChI=1S/C37H48N2O7Si.C31H34N2O7/c1-24-32-31(23-44-47(8,9)37(2,3)4)46-39(33(32)36(41)45-24)21-28-11-10-12-30(26-15-17-27(18-16-26)35(40)38(5)6)34(28)43-22-25-13-19-29(42-7)20-14-25;1-19-27-26(17-34)40-33(28(27)31(36)39-19)16-23-6-5-7-25(21-10-12-22(13-11-21)30(35)32(2)3)29(23)38-18-20-8-14-24(37-4)15-9-20/h10-20,24,31-33H,21-23H2,1-9H3;5-15,19,26-28,34H,16-18H2,1-4H3/t24-,31-,32+,33-;19-,26-,27+,28-/m00/s1. The zero-order valence-corrected chi connectivity index (χ0v) is 53.1. The Kier molecular flexibility index (Phi) is 20.0. The highest BCUT2D eigenvalue weighted by atomic mass is 28.4. The van der Waals surface area contributed by atoms with E-state index in [0.717, 1.165) is 56.0 Å². The lowest BCUT2D eigenvalue weighted by Crippen LogP contribution is -2.44. The Morgan fingerprint density at radius 2 is 0.966 bits per heavy atom. The van der Waals surface area contributed by atoms with E-state index in [9.17, 15) is 24.3 Å². The quantitative estimate of drug-likeness (QED) is 0.0562. The Hall–Kier alpha value is -7.62. The largest absolute Gasteiger partial charge is 0.497 e. The molecule has 0 unspecified atom stereocenters. The minimum atomic E-state index is -2.05. The molecule has 6 aromatic carbocycles. The van der Waals surface area contributed by atoms with E-state index in [0.29, 0.717) is 49.0 Å². The molecule has 4 aliphatic heterocycles. The van der Waals surface area contributed by atoms with Crippen molar-refractivity contribution >= 4 is 32.1 Å². The number of amides is 2. The third kappa shape index (κ3) is 14.2. The van der Waals surface area contributed by atoms with Crippen molar-refractivity contribution in [1.29, 1.82) is 0 Å². The normalized spacial score (nSPS) is 21.7. The second-order valence-corrected chi connectivity index (χ2v) is 29.2. The first-order valence-corrected chi connectivity index (χ1v) is 32.3. The fourth-order valence-corrected chi connectivity index (χ4v) is 12.2. The van der Waals surface area contributed by atoms with Crippen LogP contribution in [0.5, 0.6) is 23.0 Å². The average Bonchev–Trinajstić information content (AvgIpc) is 1.74. The van der Waals surface area contributed by atoms with Crippen LogP contribution in [0.25, 0.3) is 22.3 Å². The predicted molar refractivity (Wildman–Crippen MR) is 331 cm³/mol. The van der Waals surface area contributed by atoms with Gasteiger partial charge in [-0.2, -0.15) is 10.1 Å². The minimum Gasteiger partial charge on any atom is -0.497 e. The first-order valence-electron chi connectivity index (χ1n) is 29.4.